The van der Waals surface area contributed by atoms with E-state index in [-0.39, 0.29) is 0 Å². The zero-order valence-corrected chi connectivity index (χ0v) is 14.1. The molecule has 0 radical (unpaired) electrons. The summed E-state index contributed by atoms with van der Waals surface area (Å²) in [5.74, 6) is 1.65. The first-order valence-corrected chi connectivity index (χ1v) is 8.12. The monoisotopic (exact) mass is 322 g/mol. The van der Waals surface area contributed by atoms with Crippen molar-refractivity contribution in [3.05, 3.63) is 60.7 Å². The number of aromatic nitrogens is 1. The van der Waals surface area contributed by atoms with Crippen molar-refractivity contribution in [2.45, 2.75) is 6.42 Å². The number of rotatable bonds is 7. The van der Waals surface area contributed by atoms with E-state index in [2.05, 4.69) is 24.2 Å². The molecule has 1 aromatic heterocycles. The van der Waals surface area contributed by atoms with Crippen molar-refractivity contribution in [2.24, 2.45) is 0 Å². The Morgan fingerprint density at radius 1 is 0.958 bits per heavy atom. The number of benzene rings is 2. The fourth-order valence-electron chi connectivity index (χ4n) is 2.44. The number of nitrogens with zero attached hydrogens (tertiary/aromatic N) is 2. The minimum absolute atomic E-state index is 0.722. The average Bonchev–Trinajstić information content (AvgIpc) is 3.10. The number of hydrogen-bond donors (Lipinski definition) is 0. The van der Waals surface area contributed by atoms with Crippen molar-refractivity contribution in [3.63, 3.8) is 0 Å². The van der Waals surface area contributed by atoms with Gasteiger partial charge in [-0.2, -0.15) is 0 Å². The van der Waals surface area contributed by atoms with Gasteiger partial charge in [0.1, 0.15) is 11.4 Å². The third-order valence-corrected chi connectivity index (χ3v) is 3.74. The van der Waals surface area contributed by atoms with Crippen LogP contribution in [-0.2, 0) is 0 Å². The molecule has 3 aromatic rings. The normalized spacial score (nSPS) is 11.0. The first-order valence-electron chi connectivity index (χ1n) is 8.12. The van der Waals surface area contributed by atoms with Gasteiger partial charge in [0.15, 0.2) is 5.76 Å². The van der Waals surface area contributed by atoms with Crippen molar-refractivity contribution >= 4 is 0 Å². The maximum atomic E-state index is 5.75. The summed E-state index contributed by atoms with van der Waals surface area (Å²) >= 11 is 0. The van der Waals surface area contributed by atoms with E-state index in [9.17, 15) is 0 Å². The van der Waals surface area contributed by atoms with E-state index in [1.807, 2.05) is 60.7 Å². The molecule has 3 rings (SSSR count). The van der Waals surface area contributed by atoms with Crippen LogP contribution in [0.3, 0.4) is 0 Å². The Balaban J connectivity index is 1.63. The highest BCUT2D eigenvalue weighted by molar-refractivity contribution is 5.66. The molecule has 0 bridgehead atoms. The fourth-order valence-corrected chi connectivity index (χ4v) is 2.44. The smallest absolute Gasteiger partial charge is 0.167 e. The van der Waals surface area contributed by atoms with Crippen LogP contribution >= 0.6 is 0 Å². The Morgan fingerprint density at radius 2 is 1.71 bits per heavy atom. The average molecular weight is 322 g/mol. The first-order chi connectivity index (χ1) is 11.7. The van der Waals surface area contributed by atoms with E-state index in [0.29, 0.717) is 0 Å². The molecule has 0 aliphatic heterocycles. The Kier molecular flexibility index (Phi) is 5.29. The molecule has 0 saturated carbocycles. The Morgan fingerprint density at radius 3 is 2.42 bits per heavy atom. The minimum Gasteiger partial charge on any atom is -0.494 e. The van der Waals surface area contributed by atoms with Gasteiger partial charge in [0.25, 0.3) is 0 Å². The lowest BCUT2D eigenvalue weighted by molar-refractivity contribution is 0.281. The lowest BCUT2D eigenvalue weighted by Crippen LogP contribution is -2.15. The van der Waals surface area contributed by atoms with Gasteiger partial charge in [0.05, 0.1) is 6.61 Å². The van der Waals surface area contributed by atoms with E-state index in [4.69, 9.17) is 9.26 Å². The van der Waals surface area contributed by atoms with Crippen LogP contribution in [-0.4, -0.2) is 37.3 Å². The molecule has 124 valence electrons. The zero-order valence-electron chi connectivity index (χ0n) is 14.1. The molecule has 0 spiro atoms. The van der Waals surface area contributed by atoms with Crippen LogP contribution in [0.1, 0.15) is 6.42 Å². The van der Waals surface area contributed by atoms with E-state index >= 15 is 0 Å². The minimum atomic E-state index is 0.722. The van der Waals surface area contributed by atoms with Gasteiger partial charge in [-0.05, 0) is 44.8 Å². The summed E-state index contributed by atoms with van der Waals surface area (Å²) in [5.41, 5.74) is 2.87. The van der Waals surface area contributed by atoms with Gasteiger partial charge in [-0.15, -0.1) is 0 Å². The number of ether oxygens (including phenoxy) is 1. The molecular formula is C20H22N2O2. The molecule has 0 aliphatic rings. The third-order valence-electron chi connectivity index (χ3n) is 3.74. The molecule has 4 heteroatoms. The second-order valence-electron chi connectivity index (χ2n) is 5.97. The van der Waals surface area contributed by atoms with Crippen molar-refractivity contribution in [1.29, 1.82) is 0 Å². The largest absolute Gasteiger partial charge is 0.494 e. The van der Waals surface area contributed by atoms with Gasteiger partial charge in [0, 0.05) is 23.7 Å². The van der Waals surface area contributed by atoms with E-state index < -0.39 is 0 Å². The van der Waals surface area contributed by atoms with Crippen molar-refractivity contribution in [1.82, 2.24) is 10.1 Å². The maximum Gasteiger partial charge on any atom is 0.167 e. The summed E-state index contributed by atoms with van der Waals surface area (Å²) in [6.45, 7) is 1.75. The standard InChI is InChI=1S/C20H22N2O2/c1-22(2)13-6-14-23-18-11-9-16(10-12-18)19-15-20(24-21-19)17-7-4-3-5-8-17/h3-5,7-12,15H,6,13-14H2,1-2H3. The predicted octanol–water partition coefficient (Wildman–Crippen LogP) is 4.34. The van der Waals surface area contributed by atoms with Crippen LogP contribution < -0.4 is 4.74 Å². The van der Waals surface area contributed by atoms with Crippen molar-refractivity contribution in [3.8, 4) is 28.3 Å². The van der Waals surface area contributed by atoms with Crippen LogP contribution in [0.4, 0.5) is 0 Å². The summed E-state index contributed by atoms with van der Waals surface area (Å²) in [5, 5.41) is 4.17. The summed E-state index contributed by atoms with van der Waals surface area (Å²) < 4.78 is 11.2. The van der Waals surface area contributed by atoms with Crippen molar-refractivity contribution < 1.29 is 9.26 Å². The zero-order chi connectivity index (χ0) is 16.8. The molecule has 0 unspecified atom stereocenters. The molecule has 1 heterocycles. The van der Waals surface area contributed by atoms with Gasteiger partial charge in [-0.1, -0.05) is 35.5 Å². The highest BCUT2D eigenvalue weighted by atomic mass is 16.5. The van der Waals surface area contributed by atoms with Crippen LogP contribution in [0.5, 0.6) is 5.75 Å². The second-order valence-corrected chi connectivity index (χ2v) is 5.97. The fraction of sp³-hybridized carbons (Fsp3) is 0.250. The lowest BCUT2D eigenvalue weighted by atomic mass is 10.1. The van der Waals surface area contributed by atoms with Gasteiger partial charge < -0.3 is 14.2 Å². The summed E-state index contributed by atoms with van der Waals surface area (Å²) in [7, 11) is 4.13. The molecule has 24 heavy (non-hydrogen) atoms. The van der Waals surface area contributed by atoms with E-state index in [0.717, 1.165) is 47.9 Å². The molecule has 2 aromatic carbocycles. The third kappa shape index (κ3) is 4.24. The molecule has 0 aliphatic carbocycles. The topological polar surface area (TPSA) is 38.5 Å². The molecule has 0 fully saturated rings. The van der Waals surface area contributed by atoms with Crippen LogP contribution in [0, 0.1) is 0 Å². The van der Waals surface area contributed by atoms with Gasteiger partial charge in [0.2, 0.25) is 0 Å². The molecule has 0 atom stereocenters. The Hall–Kier alpha value is -2.59. The van der Waals surface area contributed by atoms with Gasteiger partial charge >= 0.3 is 0 Å². The highest BCUT2D eigenvalue weighted by Crippen LogP contribution is 2.27. The molecule has 0 N–H and O–H groups in total. The van der Waals surface area contributed by atoms with E-state index in [1.54, 1.807) is 0 Å². The Bertz CT molecular complexity index is 749. The predicted molar refractivity (Wildman–Crippen MR) is 96.0 cm³/mol. The number of hydrogen-bond acceptors (Lipinski definition) is 4. The SMILES string of the molecule is CN(C)CCCOc1ccc(-c2cc(-c3ccccc3)on2)cc1. The molecule has 4 nitrogen and oxygen atoms in total. The maximum absolute atomic E-state index is 5.75. The van der Waals surface area contributed by atoms with Gasteiger partial charge in [-0.3, -0.25) is 0 Å². The molecule has 0 saturated heterocycles. The first kappa shape index (κ1) is 16.3. The summed E-state index contributed by atoms with van der Waals surface area (Å²) in [4.78, 5) is 2.15. The van der Waals surface area contributed by atoms with Crippen LogP contribution in [0.25, 0.3) is 22.6 Å². The van der Waals surface area contributed by atoms with Crippen LogP contribution in [0.15, 0.2) is 65.2 Å². The van der Waals surface area contributed by atoms with Crippen LogP contribution in [0.2, 0.25) is 0 Å². The second kappa shape index (κ2) is 7.79. The lowest BCUT2D eigenvalue weighted by Gasteiger charge is -2.10. The van der Waals surface area contributed by atoms with Crippen molar-refractivity contribution in [2.75, 3.05) is 27.2 Å². The quantitative estimate of drug-likeness (QED) is 0.607. The Labute approximate surface area is 142 Å². The van der Waals surface area contributed by atoms with E-state index in [1.165, 1.54) is 0 Å². The van der Waals surface area contributed by atoms with Gasteiger partial charge in [-0.25, -0.2) is 0 Å². The summed E-state index contributed by atoms with van der Waals surface area (Å²) in [6.07, 6.45) is 1.01. The molecule has 0 amide bonds. The highest BCUT2D eigenvalue weighted by Gasteiger charge is 2.08. The molecular weight excluding hydrogens is 300 g/mol. The summed E-state index contributed by atoms with van der Waals surface area (Å²) in [6, 6.07) is 19.9.